The lowest BCUT2D eigenvalue weighted by atomic mass is 10.2. The van der Waals surface area contributed by atoms with E-state index in [0.717, 1.165) is 12.1 Å². The molecule has 1 aliphatic rings. The number of amides is 1. The summed E-state index contributed by atoms with van der Waals surface area (Å²) in [6.07, 6.45) is 1.85. The molecule has 1 N–H and O–H groups in total. The van der Waals surface area contributed by atoms with Crippen molar-refractivity contribution >= 4 is 22.2 Å². The van der Waals surface area contributed by atoms with E-state index in [2.05, 4.69) is 10.1 Å². The Morgan fingerprint density at radius 1 is 1.36 bits per heavy atom. The number of thiazole rings is 1. The average molecular weight is 359 g/mol. The first-order chi connectivity index (χ1) is 12.0. The van der Waals surface area contributed by atoms with Crippen molar-refractivity contribution in [2.75, 3.05) is 6.54 Å². The molecule has 1 atom stereocenters. The van der Waals surface area contributed by atoms with E-state index in [1.807, 2.05) is 10.7 Å². The Bertz CT molecular complexity index is 1000. The minimum atomic E-state index is -0.646. The molecule has 0 fully saturated rings. The molecule has 0 saturated heterocycles. The van der Waals surface area contributed by atoms with Gasteiger partial charge in [0.25, 0.3) is 11.5 Å². The number of aliphatic hydroxyl groups excluding tert-OH is 1. The Balaban J connectivity index is 1.69. The van der Waals surface area contributed by atoms with E-state index in [4.69, 9.17) is 0 Å². The van der Waals surface area contributed by atoms with Gasteiger partial charge in [-0.2, -0.15) is 10.1 Å². The summed E-state index contributed by atoms with van der Waals surface area (Å²) in [6.45, 7) is 3.33. The summed E-state index contributed by atoms with van der Waals surface area (Å²) in [5.41, 5.74) is 1.39. The molecule has 3 aromatic rings. The lowest BCUT2D eigenvalue weighted by molar-refractivity contribution is 0.0738. The number of nitrogens with zero attached hydrogens (tertiary/aromatic N) is 5. The van der Waals surface area contributed by atoms with Gasteiger partial charge in [-0.1, -0.05) is 0 Å². The fourth-order valence-electron chi connectivity index (χ4n) is 3.04. The number of aryl methyl sites for hydroxylation is 1. The van der Waals surface area contributed by atoms with Crippen LogP contribution in [0.1, 0.15) is 41.3 Å². The van der Waals surface area contributed by atoms with E-state index in [9.17, 15) is 14.7 Å². The maximum absolute atomic E-state index is 13.0. The van der Waals surface area contributed by atoms with Crippen LogP contribution in [0.4, 0.5) is 0 Å². The van der Waals surface area contributed by atoms with E-state index in [1.54, 1.807) is 27.8 Å². The summed E-state index contributed by atoms with van der Waals surface area (Å²) in [5, 5.41) is 15.9. The Labute approximate surface area is 147 Å². The molecule has 130 valence electrons. The summed E-state index contributed by atoms with van der Waals surface area (Å²) in [7, 11) is 0. The van der Waals surface area contributed by atoms with Gasteiger partial charge in [-0.25, -0.2) is 0 Å². The molecule has 0 radical (unpaired) electrons. The van der Waals surface area contributed by atoms with Crippen molar-refractivity contribution in [1.29, 1.82) is 0 Å². The zero-order valence-electron chi connectivity index (χ0n) is 13.6. The second-order valence-corrected chi connectivity index (χ2v) is 6.95. The highest BCUT2D eigenvalue weighted by atomic mass is 32.1. The highest BCUT2D eigenvalue weighted by Gasteiger charge is 2.24. The molecule has 25 heavy (non-hydrogen) atoms. The first-order valence-electron chi connectivity index (χ1n) is 8.04. The summed E-state index contributed by atoms with van der Waals surface area (Å²) in [5.74, 6) is -0.207. The topological polar surface area (TPSA) is 92.7 Å². The van der Waals surface area contributed by atoms with Gasteiger partial charge < -0.3 is 10.0 Å². The molecule has 1 aliphatic heterocycles. The van der Waals surface area contributed by atoms with Crippen LogP contribution in [0, 0.1) is 0 Å². The monoisotopic (exact) mass is 359 g/mol. The number of fused-ring (bicyclic) bond motifs is 2. The van der Waals surface area contributed by atoms with Gasteiger partial charge >= 0.3 is 0 Å². The fraction of sp³-hybridized carbons (Fsp3) is 0.375. The van der Waals surface area contributed by atoms with Crippen molar-refractivity contribution in [1.82, 2.24) is 24.1 Å². The minimum absolute atomic E-state index is 0.207. The second-order valence-electron chi connectivity index (χ2n) is 6.08. The SMILES string of the molecule is C[C@H](O)c1cc2n(n1)CCCN(C(=O)c1cc(=O)nc3sccn13)C2. The number of hydrogen-bond acceptors (Lipinski definition) is 6. The van der Waals surface area contributed by atoms with E-state index >= 15 is 0 Å². The normalized spacial score (nSPS) is 15.8. The lowest BCUT2D eigenvalue weighted by Gasteiger charge is -2.20. The van der Waals surface area contributed by atoms with Crippen LogP contribution in [0.5, 0.6) is 0 Å². The van der Waals surface area contributed by atoms with Gasteiger partial charge in [0, 0.05) is 30.7 Å². The van der Waals surface area contributed by atoms with Crippen molar-refractivity contribution in [2.45, 2.75) is 32.5 Å². The number of rotatable bonds is 2. The van der Waals surface area contributed by atoms with Gasteiger partial charge in [-0.15, -0.1) is 11.3 Å². The van der Waals surface area contributed by atoms with E-state index < -0.39 is 11.7 Å². The summed E-state index contributed by atoms with van der Waals surface area (Å²) in [4.78, 5) is 31.0. The average Bonchev–Trinajstić information content (AvgIpc) is 3.15. The van der Waals surface area contributed by atoms with Gasteiger partial charge in [0.15, 0.2) is 4.96 Å². The van der Waals surface area contributed by atoms with Crippen molar-refractivity contribution in [3.05, 3.63) is 51.1 Å². The first-order valence-corrected chi connectivity index (χ1v) is 8.92. The molecule has 0 saturated carbocycles. The zero-order valence-corrected chi connectivity index (χ0v) is 14.4. The molecule has 4 rings (SSSR count). The smallest absolute Gasteiger partial charge is 0.274 e. The van der Waals surface area contributed by atoms with Crippen LogP contribution in [-0.4, -0.2) is 41.6 Å². The molecular formula is C16H17N5O3S. The van der Waals surface area contributed by atoms with Crippen LogP contribution in [-0.2, 0) is 13.1 Å². The van der Waals surface area contributed by atoms with Crippen molar-refractivity contribution < 1.29 is 9.90 Å². The number of carbonyl (C=O) groups is 1. The van der Waals surface area contributed by atoms with Crippen LogP contribution in [0.3, 0.4) is 0 Å². The second kappa shape index (κ2) is 6.08. The number of aliphatic hydroxyl groups is 1. The zero-order chi connectivity index (χ0) is 17.6. The van der Waals surface area contributed by atoms with Crippen LogP contribution < -0.4 is 5.56 Å². The van der Waals surface area contributed by atoms with Gasteiger partial charge in [0.2, 0.25) is 0 Å². The van der Waals surface area contributed by atoms with E-state index in [-0.39, 0.29) is 5.91 Å². The lowest BCUT2D eigenvalue weighted by Crippen LogP contribution is -2.33. The highest BCUT2D eigenvalue weighted by molar-refractivity contribution is 7.15. The van der Waals surface area contributed by atoms with Crippen molar-refractivity contribution in [3.63, 3.8) is 0 Å². The number of aromatic nitrogens is 4. The fourth-order valence-corrected chi connectivity index (χ4v) is 3.76. The Hall–Kier alpha value is -2.52. The molecule has 0 unspecified atom stereocenters. The molecule has 0 aliphatic carbocycles. The van der Waals surface area contributed by atoms with E-state index in [0.29, 0.717) is 36.0 Å². The quantitative estimate of drug-likeness (QED) is 0.738. The van der Waals surface area contributed by atoms with Gasteiger partial charge in [-0.05, 0) is 19.4 Å². The molecule has 0 aromatic carbocycles. The van der Waals surface area contributed by atoms with Gasteiger partial charge in [0.1, 0.15) is 5.69 Å². The molecule has 0 bridgehead atoms. The Morgan fingerprint density at radius 2 is 2.20 bits per heavy atom. The molecule has 3 aromatic heterocycles. The molecule has 1 amide bonds. The summed E-state index contributed by atoms with van der Waals surface area (Å²) >= 11 is 1.32. The van der Waals surface area contributed by atoms with Crippen LogP contribution in [0.15, 0.2) is 28.5 Å². The number of hydrogen-bond donors (Lipinski definition) is 1. The molecule has 9 heteroatoms. The molecular weight excluding hydrogens is 342 g/mol. The summed E-state index contributed by atoms with van der Waals surface area (Å²) in [6, 6.07) is 3.11. The third-order valence-corrected chi connectivity index (χ3v) is 5.04. The van der Waals surface area contributed by atoms with E-state index in [1.165, 1.54) is 17.4 Å². The standard InChI is InChI=1S/C16H17N5O3S/c1-10(22)12-7-11-9-19(3-2-4-21(11)18-12)15(24)13-8-14(23)17-16-20(13)5-6-25-16/h5-8,10,22H,2-4,9H2,1H3/t10-/m0/s1. The van der Waals surface area contributed by atoms with Gasteiger partial charge in [-0.3, -0.25) is 18.7 Å². The third-order valence-electron chi connectivity index (χ3n) is 4.28. The largest absolute Gasteiger partial charge is 0.387 e. The third kappa shape index (κ3) is 2.85. The predicted molar refractivity (Wildman–Crippen MR) is 91.6 cm³/mol. The Kier molecular flexibility index (Phi) is 3.89. The predicted octanol–water partition coefficient (Wildman–Crippen LogP) is 1.05. The van der Waals surface area contributed by atoms with Crippen LogP contribution in [0.2, 0.25) is 0 Å². The van der Waals surface area contributed by atoms with Crippen LogP contribution in [0.25, 0.3) is 4.96 Å². The van der Waals surface area contributed by atoms with Crippen LogP contribution >= 0.6 is 11.3 Å². The Morgan fingerprint density at radius 3 is 3.00 bits per heavy atom. The first kappa shape index (κ1) is 16.0. The maximum atomic E-state index is 13.0. The maximum Gasteiger partial charge on any atom is 0.274 e. The number of carbonyl (C=O) groups excluding carboxylic acids is 1. The molecule has 4 heterocycles. The highest BCUT2D eigenvalue weighted by Crippen LogP contribution is 2.20. The summed E-state index contributed by atoms with van der Waals surface area (Å²) < 4.78 is 3.49. The minimum Gasteiger partial charge on any atom is -0.387 e. The van der Waals surface area contributed by atoms with Gasteiger partial charge in [0.05, 0.1) is 24.0 Å². The molecule has 0 spiro atoms. The van der Waals surface area contributed by atoms with Crippen molar-refractivity contribution in [3.8, 4) is 0 Å². The van der Waals surface area contributed by atoms with Crippen molar-refractivity contribution in [2.24, 2.45) is 0 Å². The molecule has 8 nitrogen and oxygen atoms in total.